The Hall–Kier alpha value is -2.26. The van der Waals surface area contributed by atoms with E-state index in [0.717, 1.165) is 5.56 Å². The van der Waals surface area contributed by atoms with Crippen LogP contribution in [-0.2, 0) is 22.6 Å². The summed E-state index contributed by atoms with van der Waals surface area (Å²) in [7, 11) is 0. The van der Waals surface area contributed by atoms with Gasteiger partial charge in [0.05, 0.1) is 0 Å². The molecule has 0 heterocycles. The van der Waals surface area contributed by atoms with Crippen LogP contribution in [0.2, 0.25) is 0 Å². The van der Waals surface area contributed by atoms with Gasteiger partial charge in [-0.3, -0.25) is 0 Å². The molecule has 3 aromatic carbocycles. The first-order valence-corrected chi connectivity index (χ1v) is 11.6. The molecule has 0 N–H and O–H groups in total. The minimum absolute atomic E-state index is 0.0590. The van der Waals surface area contributed by atoms with Crippen LogP contribution in [0.4, 0.5) is 8.78 Å². The second kappa shape index (κ2) is 7.55. The summed E-state index contributed by atoms with van der Waals surface area (Å²) in [6, 6.07) is 20.0. The summed E-state index contributed by atoms with van der Waals surface area (Å²) in [5.41, 5.74) is 2.33. The topological polar surface area (TPSA) is 18.5 Å². The molecule has 0 radical (unpaired) electrons. The van der Waals surface area contributed by atoms with Crippen LogP contribution >= 0.6 is 0 Å². The van der Waals surface area contributed by atoms with Gasteiger partial charge in [-0.05, 0) is 0 Å². The molecule has 3 aromatic rings. The van der Waals surface area contributed by atoms with Crippen molar-refractivity contribution in [2.45, 2.75) is 3.63 Å². The molecule has 0 amide bonds. The molecule has 129 valence electrons. The van der Waals surface area contributed by atoms with Gasteiger partial charge in [-0.15, -0.1) is 0 Å². The Labute approximate surface area is 159 Å². The molecule has 4 rings (SSSR count). The molecular weight excluding hydrogens is 413 g/mol. The number of fused-ring (bicyclic) bond motifs is 1. The molecule has 1 atom stereocenters. The van der Waals surface area contributed by atoms with E-state index in [2.05, 4.69) is 24.3 Å². The summed E-state index contributed by atoms with van der Waals surface area (Å²) in [5.74, 6) is 0.544. The summed E-state index contributed by atoms with van der Waals surface area (Å²) in [4.78, 5) is 0. The molecule has 1 aliphatic carbocycles. The Kier molecular flexibility index (Phi) is 4.98. The summed E-state index contributed by atoms with van der Waals surface area (Å²) in [6.07, 6.45) is 4.18. The third-order valence-electron chi connectivity index (χ3n) is 4.12. The first-order chi connectivity index (χ1) is 12.7. The zero-order valence-electron chi connectivity index (χ0n) is 13.7. The van der Waals surface area contributed by atoms with Crippen LogP contribution in [-0.4, -0.2) is 0 Å². The average molecular weight is 429 g/mol. The van der Waals surface area contributed by atoms with Crippen molar-refractivity contribution in [3.63, 3.8) is 0 Å². The van der Waals surface area contributed by atoms with E-state index in [-0.39, 0.29) is 15.3 Å². The molecule has 0 aromatic heterocycles. The first kappa shape index (κ1) is 17.2. The van der Waals surface area contributed by atoms with E-state index in [4.69, 9.17) is 5.63 Å². The van der Waals surface area contributed by atoms with Crippen molar-refractivity contribution >= 4 is 6.08 Å². The van der Waals surface area contributed by atoms with Gasteiger partial charge in [-0.25, -0.2) is 0 Å². The molecule has 1 aliphatic rings. The fourth-order valence-electron chi connectivity index (χ4n) is 2.84. The molecule has 1 unspecified atom stereocenters. The fourth-order valence-corrected chi connectivity index (χ4v) is 7.27. The number of hydrogen-bond acceptors (Lipinski definition) is 2. The molecule has 0 saturated heterocycles. The Balaban J connectivity index is 1.64. The summed E-state index contributed by atoms with van der Waals surface area (Å²) < 4.78 is 38.9. The van der Waals surface area contributed by atoms with E-state index in [1.807, 2.05) is 12.1 Å². The van der Waals surface area contributed by atoms with E-state index in [1.54, 1.807) is 24.3 Å². The Morgan fingerprint density at radius 2 is 1.23 bits per heavy atom. The van der Waals surface area contributed by atoms with Gasteiger partial charge in [-0.2, -0.15) is 0 Å². The molecule has 5 heteroatoms. The van der Waals surface area contributed by atoms with E-state index in [1.165, 1.54) is 29.8 Å². The van der Waals surface area contributed by atoms with Crippen molar-refractivity contribution in [2.24, 2.45) is 0 Å². The van der Waals surface area contributed by atoms with Gasteiger partial charge in [-0.1, -0.05) is 0 Å². The van der Waals surface area contributed by atoms with Crippen LogP contribution in [0.1, 0.15) is 14.8 Å². The van der Waals surface area contributed by atoms with Crippen LogP contribution < -0.4 is 5.63 Å². The minimum atomic E-state index is -3.03. The molecule has 0 aliphatic heterocycles. The average Bonchev–Trinajstić information content (AvgIpc) is 3.09. The van der Waals surface area contributed by atoms with E-state index < -0.39 is 22.6 Å². The van der Waals surface area contributed by atoms with Crippen LogP contribution in [0.25, 0.3) is 6.08 Å². The van der Waals surface area contributed by atoms with Gasteiger partial charge in [0.2, 0.25) is 0 Å². The Bertz CT molecular complexity index is 876. The third kappa shape index (κ3) is 3.78. The van der Waals surface area contributed by atoms with Gasteiger partial charge in [0.25, 0.3) is 0 Å². The van der Waals surface area contributed by atoms with Crippen LogP contribution in [0.5, 0.6) is 11.5 Å². The fraction of sp³-hybridized carbons (Fsp3) is 0.0476. The standard InChI is InChI=1S/C9H7.2C6H5FO.Zr/c1-2-5-9-7-3-6-8(9)4-1;2*7-5-1-3-6(8)4-2-5;/h1-7H;2*1-4,8H;/q;;;+2/p-2. The van der Waals surface area contributed by atoms with Gasteiger partial charge in [0.1, 0.15) is 0 Å². The molecule has 26 heavy (non-hydrogen) atoms. The normalized spacial score (nSPS) is 14.8. The van der Waals surface area contributed by atoms with Crippen LogP contribution in [0, 0.1) is 11.6 Å². The predicted molar refractivity (Wildman–Crippen MR) is 92.3 cm³/mol. The zero-order chi connectivity index (χ0) is 17.9. The number of allylic oxidation sites excluding steroid dienone is 1. The van der Waals surface area contributed by atoms with Crippen LogP contribution in [0.15, 0.2) is 78.9 Å². The van der Waals surface area contributed by atoms with Crippen LogP contribution in [0.3, 0.4) is 0 Å². The Morgan fingerprint density at radius 1 is 0.692 bits per heavy atom. The molecule has 0 bridgehead atoms. The van der Waals surface area contributed by atoms with Gasteiger partial charge < -0.3 is 0 Å². The Morgan fingerprint density at radius 3 is 1.81 bits per heavy atom. The summed E-state index contributed by atoms with van der Waals surface area (Å²) >= 11 is -3.03. The van der Waals surface area contributed by atoms with E-state index in [0.29, 0.717) is 11.5 Å². The quantitative estimate of drug-likeness (QED) is 0.524. The van der Waals surface area contributed by atoms with Gasteiger partial charge in [0, 0.05) is 0 Å². The zero-order valence-corrected chi connectivity index (χ0v) is 16.2. The maximum absolute atomic E-state index is 13.2. The van der Waals surface area contributed by atoms with E-state index >= 15 is 0 Å². The van der Waals surface area contributed by atoms with Crippen molar-refractivity contribution < 1.29 is 37.0 Å². The SMILES string of the molecule is Fc1ccc([O][Zr]([O]c2ccc(F)cc2)[CH]2C=Cc3ccccc32)cc1. The second-order valence-corrected chi connectivity index (χ2v) is 10.00. The second-order valence-electron chi connectivity index (χ2n) is 5.90. The molecule has 0 fully saturated rings. The number of rotatable bonds is 5. The van der Waals surface area contributed by atoms with Gasteiger partial charge >= 0.3 is 160 Å². The van der Waals surface area contributed by atoms with Crippen molar-refractivity contribution in [2.75, 3.05) is 0 Å². The van der Waals surface area contributed by atoms with E-state index in [9.17, 15) is 8.78 Å². The molecule has 0 saturated carbocycles. The number of halogens is 2. The molecule has 0 spiro atoms. The maximum atomic E-state index is 13.2. The van der Waals surface area contributed by atoms with Crippen molar-refractivity contribution in [1.29, 1.82) is 0 Å². The van der Waals surface area contributed by atoms with Gasteiger partial charge in [0.15, 0.2) is 0 Å². The molecular formula is C21H15F2O2Zr. The summed E-state index contributed by atoms with van der Waals surface area (Å²) in [5, 5.41) is 0. The summed E-state index contributed by atoms with van der Waals surface area (Å²) in [6.45, 7) is 0. The molecule has 2 nitrogen and oxygen atoms in total. The first-order valence-electron chi connectivity index (χ1n) is 8.20. The third-order valence-corrected chi connectivity index (χ3v) is 8.75. The predicted octanol–water partition coefficient (Wildman–Crippen LogP) is 5.64. The number of benzene rings is 3. The van der Waals surface area contributed by atoms with Crippen molar-refractivity contribution in [3.05, 3.63) is 102 Å². The number of hydrogen-bond donors (Lipinski definition) is 0. The van der Waals surface area contributed by atoms with Crippen molar-refractivity contribution in [1.82, 2.24) is 0 Å². The monoisotopic (exact) mass is 427 g/mol. The van der Waals surface area contributed by atoms with Crippen molar-refractivity contribution in [3.8, 4) is 11.5 Å².